The van der Waals surface area contributed by atoms with Crippen molar-refractivity contribution in [3.63, 3.8) is 0 Å². The number of rotatable bonds is 4. The second kappa shape index (κ2) is 5.68. The predicted octanol–water partition coefficient (Wildman–Crippen LogP) is 2.85. The van der Waals surface area contributed by atoms with Crippen LogP contribution in [-0.4, -0.2) is 28.1 Å². The van der Waals surface area contributed by atoms with Crippen LogP contribution in [-0.2, 0) is 9.59 Å². The summed E-state index contributed by atoms with van der Waals surface area (Å²) in [5.41, 5.74) is -0.978. The Morgan fingerprint density at radius 3 is 2.09 bits per heavy atom. The lowest BCUT2D eigenvalue weighted by Gasteiger charge is -2.37. The van der Waals surface area contributed by atoms with Gasteiger partial charge in [-0.15, -0.1) is 0 Å². The van der Waals surface area contributed by atoms with Crippen molar-refractivity contribution >= 4 is 23.5 Å². The Labute approximate surface area is 134 Å². The van der Waals surface area contributed by atoms with Gasteiger partial charge in [0, 0.05) is 11.6 Å². The maximum absolute atomic E-state index is 12.5. The fourth-order valence-electron chi connectivity index (χ4n) is 3.27. The summed E-state index contributed by atoms with van der Waals surface area (Å²) in [6.07, 6.45) is 0.959. The Morgan fingerprint density at radius 1 is 1.09 bits per heavy atom. The Bertz CT molecular complexity index is 649. The maximum atomic E-state index is 12.5. The molecule has 0 radical (unpaired) electrons. The number of benzene rings is 1. The molecule has 1 saturated carbocycles. The molecule has 0 spiro atoms. The summed E-state index contributed by atoms with van der Waals surface area (Å²) in [6, 6.07) is 5.89. The van der Waals surface area contributed by atoms with Crippen molar-refractivity contribution in [2.45, 2.75) is 33.6 Å². The first-order valence-electron chi connectivity index (χ1n) is 7.47. The van der Waals surface area contributed by atoms with Crippen LogP contribution in [0.25, 0.3) is 0 Å². The fraction of sp³-hybridized carbons (Fsp3) is 0.471. The number of hydrogen-bond acceptors (Lipinski definition) is 3. The molecule has 0 aromatic heterocycles. The minimum atomic E-state index is -1.03. The summed E-state index contributed by atoms with van der Waals surface area (Å²) >= 11 is 0. The van der Waals surface area contributed by atoms with E-state index in [1.807, 2.05) is 13.8 Å². The lowest BCUT2D eigenvalue weighted by atomic mass is 9.65. The SMILES string of the molecule is CC1(C)[C@H](C(=O)Nc2ccc(C(=O)O)cc2)CC[C@@]1(C)C(=O)O. The zero-order valence-corrected chi connectivity index (χ0v) is 13.4. The van der Waals surface area contributed by atoms with Gasteiger partial charge in [-0.05, 0) is 49.4 Å². The standard InChI is InChI=1S/C17H21NO5/c1-16(2)12(8-9-17(16,3)15(22)23)13(19)18-11-6-4-10(5-7-11)14(20)21/h4-7,12H,8-9H2,1-3H3,(H,18,19)(H,20,21)(H,22,23)/t12-,17-/m0/s1. The number of hydrogen-bond donors (Lipinski definition) is 3. The monoisotopic (exact) mass is 319 g/mol. The van der Waals surface area contributed by atoms with E-state index in [9.17, 15) is 19.5 Å². The first-order chi connectivity index (χ1) is 10.6. The minimum absolute atomic E-state index is 0.141. The van der Waals surface area contributed by atoms with Crippen molar-refractivity contribution in [3.05, 3.63) is 29.8 Å². The van der Waals surface area contributed by atoms with E-state index >= 15 is 0 Å². The molecule has 1 fully saturated rings. The van der Waals surface area contributed by atoms with Crippen molar-refractivity contribution in [3.8, 4) is 0 Å². The first-order valence-corrected chi connectivity index (χ1v) is 7.47. The van der Waals surface area contributed by atoms with Gasteiger partial charge in [0.2, 0.25) is 5.91 Å². The maximum Gasteiger partial charge on any atom is 0.335 e. The number of carboxylic acid groups (broad SMARTS) is 2. The third kappa shape index (κ3) is 2.81. The zero-order valence-electron chi connectivity index (χ0n) is 13.4. The molecule has 0 heterocycles. The molecule has 1 aliphatic rings. The number of aromatic carboxylic acids is 1. The fourth-order valence-corrected chi connectivity index (χ4v) is 3.27. The van der Waals surface area contributed by atoms with Crippen LogP contribution >= 0.6 is 0 Å². The molecular formula is C17H21NO5. The number of carbonyl (C=O) groups is 3. The second-order valence-electron chi connectivity index (χ2n) is 6.82. The van der Waals surface area contributed by atoms with E-state index in [2.05, 4.69) is 5.32 Å². The lowest BCUT2D eigenvalue weighted by molar-refractivity contribution is -0.154. The van der Waals surface area contributed by atoms with Crippen LogP contribution in [0, 0.1) is 16.7 Å². The molecule has 0 bridgehead atoms. The molecule has 1 amide bonds. The molecule has 0 aliphatic heterocycles. The average Bonchev–Trinajstić information content (AvgIpc) is 2.71. The Morgan fingerprint density at radius 2 is 1.65 bits per heavy atom. The Kier molecular flexibility index (Phi) is 4.20. The van der Waals surface area contributed by atoms with Crippen molar-refractivity contribution < 1.29 is 24.6 Å². The van der Waals surface area contributed by atoms with E-state index in [4.69, 9.17) is 5.11 Å². The quantitative estimate of drug-likeness (QED) is 0.791. The normalized spacial score (nSPS) is 25.8. The van der Waals surface area contributed by atoms with Gasteiger partial charge < -0.3 is 15.5 Å². The van der Waals surface area contributed by atoms with Crippen LogP contribution in [0.15, 0.2) is 24.3 Å². The van der Waals surface area contributed by atoms with Gasteiger partial charge in [-0.25, -0.2) is 4.79 Å². The molecular weight excluding hydrogens is 298 g/mol. The summed E-state index contributed by atoms with van der Waals surface area (Å²) in [7, 11) is 0. The van der Waals surface area contributed by atoms with Crippen LogP contribution in [0.4, 0.5) is 5.69 Å². The molecule has 6 heteroatoms. The van der Waals surface area contributed by atoms with E-state index in [0.717, 1.165) is 0 Å². The van der Waals surface area contributed by atoms with Gasteiger partial charge in [0.05, 0.1) is 11.0 Å². The topological polar surface area (TPSA) is 104 Å². The predicted molar refractivity (Wildman–Crippen MR) is 84.3 cm³/mol. The van der Waals surface area contributed by atoms with E-state index in [1.165, 1.54) is 24.3 Å². The van der Waals surface area contributed by atoms with Crippen LogP contribution in [0.5, 0.6) is 0 Å². The van der Waals surface area contributed by atoms with Crippen molar-refractivity contribution in [1.29, 1.82) is 0 Å². The summed E-state index contributed by atoms with van der Waals surface area (Å²) in [5.74, 6) is -2.56. The smallest absolute Gasteiger partial charge is 0.335 e. The van der Waals surface area contributed by atoms with Crippen LogP contribution < -0.4 is 5.32 Å². The Hall–Kier alpha value is -2.37. The number of amides is 1. The van der Waals surface area contributed by atoms with Gasteiger partial charge in [0.25, 0.3) is 0 Å². The van der Waals surface area contributed by atoms with E-state index in [0.29, 0.717) is 18.5 Å². The summed E-state index contributed by atoms with van der Waals surface area (Å²) in [4.78, 5) is 34.9. The highest BCUT2D eigenvalue weighted by Crippen LogP contribution is 2.56. The Balaban J connectivity index is 2.15. The molecule has 0 saturated heterocycles. The molecule has 2 rings (SSSR count). The first kappa shape index (κ1) is 17.0. The van der Waals surface area contributed by atoms with Crippen molar-refractivity contribution in [1.82, 2.24) is 0 Å². The summed E-state index contributed by atoms with van der Waals surface area (Å²) in [6.45, 7) is 5.31. The number of aliphatic carboxylic acids is 1. The third-order valence-corrected chi connectivity index (χ3v) is 5.41. The highest BCUT2D eigenvalue weighted by atomic mass is 16.4. The zero-order chi connectivity index (χ0) is 17.4. The highest BCUT2D eigenvalue weighted by molar-refractivity contribution is 5.95. The van der Waals surface area contributed by atoms with E-state index in [-0.39, 0.29) is 11.5 Å². The third-order valence-electron chi connectivity index (χ3n) is 5.41. The molecule has 1 aliphatic carbocycles. The van der Waals surface area contributed by atoms with Gasteiger partial charge >= 0.3 is 11.9 Å². The molecule has 2 atom stereocenters. The van der Waals surface area contributed by atoms with E-state index < -0.39 is 28.7 Å². The number of carbonyl (C=O) groups excluding carboxylic acids is 1. The van der Waals surface area contributed by atoms with Crippen molar-refractivity contribution in [2.24, 2.45) is 16.7 Å². The van der Waals surface area contributed by atoms with Gasteiger partial charge in [0.1, 0.15) is 0 Å². The minimum Gasteiger partial charge on any atom is -0.481 e. The molecule has 3 N–H and O–H groups in total. The van der Waals surface area contributed by atoms with Crippen molar-refractivity contribution in [2.75, 3.05) is 5.32 Å². The van der Waals surface area contributed by atoms with Gasteiger partial charge in [-0.3, -0.25) is 9.59 Å². The number of anilines is 1. The van der Waals surface area contributed by atoms with Gasteiger partial charge in [-0.1, -0.05) is 13.8 Å². The molecule has 23 heavy (non-hydrogen) atoms. The second-order valence-corrected chi connectivity index (χ2v) is 6.82. The average molecular weight is 319 g/mol. The van der Waals surface area contributed by atoms with Crippen LogP contribution in [0.1, 0.15) is 44.0 Å². The summed E-state index contributed by atoms with van der Waals surface area (Å²) in [5, 5.41) is 21.1. The molecule has 1 aromatic rings. The molecule has 0 unspecified atom stereocenters. The van der Waals surface area contributed by atoms with Gasteiger partial charge in [0.15, 0.2) is 0 Å². The molecule has 6 nitrogen and oxygen atoms in total. The molecule has 1 aromatic carbocycles. The van der Waals surface area contributed by atoms with Gasteiger partial charge in [-0.2, -0.15) is 0 Å². The summed E-state index contributed by atoms with van der Waals surface area (Å²) < 4.78 is 0. The number of carboxylic acids is 2. The lowest BCUT2D eigenvalue weighted by Crippen LogP contribution is -2.43. The number of nitrogens with one attached hydrogen (secondary N) is 1. The van der Waals surface area contributed by atoms with Crippen LogP contribution in [0.2, 0.25) is 0 Å². The van der Waals surface area contributed by atoms with Crippen LogP contribution in [0.3, 0.4) is 0 Å². The highest BCUT2D eigenvalue weighted by Gasteiger charge is 2.58. The molecule has 124 valence electrons. The van der Waals surface area contributed by atoms with E-state index in [1.54, 1.807) is 6.92 Å². The largest absolute Gasteiger partial charge is 0.481 e.